The Morgan fingerprint density at radius 3 is 2.80 bits per heavy atom. The first-order valence-corrected chi connectivity index (χ1v) is 6.33. The first-order valence-electron chi connectivity index (χ1n) is 5.95. The van der Waals surface area contributed by atoms with E-state index in [1.165, 1.54) is 12.1 Å². The average Bonchev–Trinajstić information content (AvgIpc) is 2.42. The van der Waals surface area contributed by atoms with E-state index in [9.17, 15) is 10.1 Å². The molecule has 0 saturated carbocycles. The van der Waals surface area contributed by atoms with Crippen LogP contribution in [0.4, 0.5) is 5.69 Å². The molecule has 1 N–H and O–H groups in total. The zero-order valence-corrected chi connectivity index (χ0v) is 11.6. The summed E-state index contributed by atoms with van der Waals surface area (Å²) >= 11 is 5.96. The Bertz CT molecular complexity index is 632. The number of hydrogen-bond acceptors (Lipinski definition) is 4. The molecule has 0 spiro atoms. The number of nitrogens with one attached hydrogen (secondary N) is 1. The number of nitro groups is 1. The lowest BCUT2D eigenvalue weighted by Gasteiger charge is -2.11. The molecule has 0 amide bonds. The van der Waals surface area contributed by atoms with Crippen molar-refractivity contribution in [1.29, 1.82) is 0 Å². The molecule has 0 unspecified atom stereocenters. The summed E-state index contributed by atoms with van der Waals surface area (Å²) in [4.78, 5) is 10.3. The normalized spacial score (nSPS) is 10.3. The van der Waals surface area contributed by atoms with Gasteiger partial charge in [0, 0.05) is 23.2 Å². The zero-order valence-electron chi connectivity index (χ0n) is 10.8. The molecule has 0 bridgehead atoms. The maximum atomic E-state index is 10.7. The summed E-state index contributed by atoms with van der Waals surface area (Å²) in [5.74, 6) is 0.978. The number of ether oxygens (including phenoxy) is 1. The van der Waals surface area contributed by atoms with Crippen molar-refractivity contribution in [3.8, 4) is 11.5 Å². The maximum Gasteiger partial charge on any atom is 0.273 e. The van der Waals surface area contributed by atoms with Crippen molar-refractivity contribution >= 4 is 17.3 Å². The van der Waals surface area contributed by atoms with Crippen molar-refractivity contribution < 1.29 is 9.66 Å². The van der Waals surface area contributed by atoms with Crippen LogP contribution in [0.3, 0.4) is 0 Å². The second kappa shape index (κ2) is 6.36. The summed E-state index contributed by atoms with van der Waals surface area (Å²) in [6.07, 6.45) is 0. The van der Waals surface area contributed by atoms with E-state index < -0.39 is 4.92 Å². The minimum atomic E-state index is -0.459. The van der Waals surface area contributed by atoms with E-state index in [4.69, 9.17) is 16.3 Å². The summed E-state index contributed by atoms with van der Waals surface area (Å²) in [5.41, 5.74) is 0.906. The molecule has 0 aliphatic rings. The lowest BCUT2D eigenvalue weighted by atomic mass is 10.2. The molecule has 0 radical (unpaired) electrons. The molecule has 5 nitrogen and oxygen atoms in total. The predicted molar refractivity (Wildman–Crippen MR) is 77.4 cm³/mol. The van der Waals surface area contributed by atoms with Crippen LogP contribution in [0.1, 0.15) is 5.56 Å². The van der Waals surface area contributed by atoms with Gasteiger partial charge in [-0.3, -0.25) is 10.1 Å². The van der Waals surface area contributed by atoms with Crippen molar-refractivity contribution in [1.82, 2.24) is 5.32 Å². The summed E-state index contributed by atoms with van der Waals surface area (Å²) in [6.45, 7) is 0.613. The third kappa shape index (κ3) is 3.46. The van der Waals surface area contributed by atoms with Gasteiger partial charge in [0.1, 0.15) is 11.5 Å². The summed E-state index contributed by atoms with van der Waals surface area (Å²) in [7, 11) is 1.83. The summed E-state index contributed by atoms with van der Waals surface area (Å²) in [6, 6.07) is 11.4. The van der Waals surface area contributed by atoms with E-state index in [-0.39, 0.29) is 5.69 Å². The Hall–Kier alpha value is -2.11. The largest absolute Gasteiger partial charge is 0.457 e. The number of rotatable bonds is 5. The molecule has 0 fully saturated rings. The Balaban J connectivity index is 2.31. The molecule has 0 aliphatic carbocycles. The van der Waals surface area contributed by atoms with Crippen LogP contribution in [-0.2, 0) is 6.54 Å². The van der Waals surface area contributed by atoms with Gasteiger partial charge in [0.15, 0.2) is 0 Å². The maximum absolute atomic E-state index is 10.7. The van der Waals surface area contributed by atoms with Crippen molar-refractivity contribution in [2.24, 2.45) is 0 Å². The quantitative estimate of drug-likeness (QED) is 0.673. The fourth-order valence-electron chi connectivity index (χ4n) is 1.75. The van der Waals surface area contributed by atoms with Crippen LogP contribution in [0, 0.1) is 10.1 Å². The highest BCUT2D eigenvalue weighted by Crippen LogP contribution is 2.30. The van der Waals surface area contributed by atoms with Gasteiger partial charge < -0.3 is 10.1 Å². The van der Waals surface area contributed by atoms with Crippen LogP contribution >= 0.6 is 11.6 Å². The summed E-state index contributed by atoms with van der Waals surface area (Å²) < 4.78 is 5.70. The third-order valence-electron chi connectivity index (χ3n) is 2.65. The van der Waals surface area contributed by atoms with Crippen LogP contribution in [0.5, 0.6) is 11.5 Å². The van der Waals surface area contributed by atoms with Crippen molar-refractivity contribution in [3.63, 3.8) is 0 Å². The molecule has 2 aromatic rings. The molecule has 2 aromatic carbocycles. The van der Waals surface area contributed by atoms with Gasteiger partial charge in [-0.2, -0.15) is 0 Å². The van der Waals surface area contributed by atoms with Gasteiger partial charge in [-0.15, -0.1) is 0 Å². The zero-order chi connectivity index (χ0) is 14.5. The molecule has 0 atom stereocenters. The summed E-state index contributed by atoms with van der Waals surface area (Å²) in [5, 5.41) is 14.3. The van der Waals surface area contributed by atoms with Crippen LogP contribution in [-0.4, -0.2) is 12.0 Å². The fourth-order valence-corrected chi connectivity index (χ4v) is 1.91. The number of nitrogens with zero attached hydrogens (tertiary/aromatic N) is 1. The molecule has 0 aromatic heterocycles. The second-order valence-electron chi connectivity index (χ2n) is 4.14. The van der Waals surface area contributed by atoms with Crippen molar-refractivity contribution in [2.75, 3.05) is 7.05 Å². The van der Waals surface area contributed by atoms with Gasteiger partial charge in [-0.1, -0.05) is 23.7 Å². The molecular formula is C14H13ClN2O3. The highest BCUT2D eigenvalue weighted by molar-refractivity contribution is 6.30. The van der Waals surface area contributed by atoms with Gasteiger partial charge >= 0.3 is 0 Å². The number of halogens is 1. The van der Waals surface area contributed by atoms with E-state index >= 15 is 0 Å². The second-order valence-corrected chi connectivity index (χ2v) is 4.58. The number of nitro benzene ring substituents is 1. The minimum Gasteiger partial charge on any atom is -0.457 e. The standard InChI is InChI=1S/C14H13ClN2O3/c1-16-9-10-5-6-11(15)7-14(10)20-13-4-2-3-12(8-13)17(18)19/h2-8,16H,9H2,1H3. The van der Waals surface area contributed by atoms with Crippen LogP contribution < -0.4 is 10.1 Å². The third-order valence-corrected chi connectivity index (χ3v) is 2.89. The SMILES string of the molecule is CNCc1ccc(Cl)cc1Oc1cccc([N+](=O)[O-])c1. The van der Waals surface area contributed by atoms with E-state index in [0.29, 0.717) is 23.1 Å². The molecular weight excluding hydrogens is 280 g/mol. The Kier molecular flexibility index (Phi) is 4.55. The first-order chi connectivity index (χ1) is 9.60. The van der Waals surface area contributed by atoms with Crippen LogP contribution in [0.25, 0.3) is 0 Å². The van der Waals surface area contributed by atoms with Crippen LogP contribution in [0.15, 0.2) is 42.5 Å². The predicted octanol–water partition coefficient (Wildman–Crippen LogP) is 3.76. The average molecular weight is 293 g/mol. The van der Waals surface area contributed by atoms with Gasteiger partial charge in [0.05, 0.1) is 11.0 Å². The molecule has 104 valence electrons. The lowest BCUT2D eigenvalue weighted by Crippen LogP contribution is -2.06. The van der Waals surface area contributed by atoms with Crippen molar-refractivity contribution in [2.45, 2.75) is 6.54 Å². The van der Waals surface area contributed by atoms with Gasteiger partial charge in [0.25, 0.3) is 5.69 Å². The number of benzene rings is 2. The molecule has 2 rings (SSSR count). The van der Waals surface area contributed by atoms with Gasteiger partial charge in [0.2, 0.25) is 0 Å². The van der Waals surface area contributed by atoms with Crippen molar-refractivity contribution in [3.05, 3.63) is 63.2 Å². The Morgan fingerprint density at radius 2 is 2.10 bits per heavy atom. The minimum absolute atomic E-state index is 0.0142. The molecule has 0 heterocycles. The highest BCUT2D eigenvalue weighted by Gasteiger charge is 2.09. The number of hydrogen-bond donors (Lipinski definition) is 1. The van der Waals surface area contributed by atoms with Gasteiger partial charge in [-0.25, -0.2) is 0 Å². The number of non-ortho nitro benzene ring substituents is 1. The lowest BCUT2D eigenvalue weighted by molar-refractivity contribution is -0.384. The van der Waals surface area contributed by atoms with Crippen LogP contribution in [0.2, 0.25) is 5.02 Å². The molecule has 6 heteroatoms. The highest BCUT2D eigenvalue weighted by atomic mass is 35.5. The van der Waals surface area contributed by atoms with Gasteiger partial charge in [-0.05, 0) is 25.2 Å². The smallest absolute Gasteiger partial charge is 0.273 e. The monoisotopic (exact) mass is 292 g/mol. The molecule has 0 saturated heterocycles. The van der Waals surface area contributed by atoms with E-state index in [1.807, 2.05) is 13.1 Å². The molecule has 0 aliphatic heterocycles. The van der Waals surface area contributed by atoms with E-state index in [1.54, 1.807) is 24.3 Å². The fraction of sp³-hybridized carbons (Fsp3) is 0.143. The topological polar surface area (TPSA) is 64.4 Å². The first kappa shape index (κ1) is 14.3. The molecule has 20 heavy (non-hydrogen) atoms. The van der Waals surface area contributed by atoms with E-state index in [2.05, 4.69) is 5.32 Å². The Morgan fingerprint density at radius 1 is 1.30 bits per heavy atom. The Labute approximate surface area is 121 Å². The van der Waals surface area contributed by atoms with E-state index in [0.717, 1.165) is 5.56 Å².